The van der Waals surface area contributed by atoms with Crippen LogP contribution in [0, 0.1) is 19.8 Å². The van der Waals surface area contributed by atoms with Crippen molar-refractivity contribution in [2.45, 2.75) is 39.4 Å². The Hall–Kier alpha value is -2.31. The van der Waals surface area contributed by atoms with Gasteiger partial charge in [-0.1, -0.05) is 43.3 Å². The van der Waals surface area contributed by atoms with Crippen molar-refractivity contribution in [3.63, 3.8) is 0 Å². The number of hydrogen-bond acceptors (Lipinski definition) is 4. The molecule has 0 bridgehead atoms. The number of carbonyl (C=O) groups excluding carboxylic acids is 1. The number of rotatable bonds is 7. The van der Waals surface area contributed by atoms with Crippen LogP contribution in [0.15, 0.2) is 47.6 Å². The van der Waals surface area contributed by atoms with Gasteiger partial charge >= 0.3 is 0 Å². The maximum absolute atomic E-state index is 12.5. The fraction of sp³-hybridized carbons (Fsp3) is 0.318. The van der Waals surface area contributed by atoms with Gasteiger partial charge in [0, 0.05) is 22.8 Å². The van der Waals surface area contributed by atoms with Crippen molar-refractivity contribution in [2.75, 3.05) is 11.1 Å². The molecule has 3 aromatic rings. The Morgan fingerprint density at radius 3 is 2.38 bits per heavy atom. The van der Waals surface area contributed by atoms with Crippen LogP contribution in [0.25, 0.3) is 11.4 Å². The van der Waals surface area contributed by atoms with Gasteiger partial charge in [-0.15, -0.1) is 10.2 Å². The summed E-state index contributed by atoms with van der Waals surface area (Å²) in [6.45, 7) is 9.10. The predicted molar refractivity (Wildman–Crippen MR) is 121 cm³/mol. The fourth-order valence-corrected chi connectivity index (χ4v) is 3.99. The lowest BCUT2D eigenvalue weighted by Crippen LogP contribution is -2.15. The summed E-state index contributed by atoms with van der Waals surface area (Å²) in [5.41, 5.74) is 4.02. The maximum atomic E-state index is 12.5. The van der Waals surface area contributed by atoms with Crippen molar-refractivity contribution in [1.29, 1.82) is 0 Å². The standard InChI is InChI=1S/C22H25ClN4OS/c1-14(2)12-27-21(17-5-7-18(23)8-6-17)25-26-22(27)29-13-20(28)24-19-10-15(3)9-16(4)11-19/h5-11,14H,12-13H2,1-4H3,(H,24,28). The van der Waals surface area contributed by atoms with Crippen LogP contribution in [0.1, 0.15) is 25.0 Å². The number of anilines is 1. The highest BCUT2D eigenvalue weighted by Gasteiger charge is 2.17. The Morgan fingerprint density at radius 2 is 1.76 bits per heavy atom. The minimum absolute atomic E-state index is 0.0628. The monoisotopic (exact) mass is 428 g/mol. The van der Waals surface area contributed by atoms with Gasteiger partial charge in [-0.3, -0.25) is 4.79 Å². The Kier molecular flexibility index (Phi) is 6.98. The number of nitrogens with one attached hydrogen (secondary N) is 1. The van der Waals surface area contributed by atoms with Crippen molar-refractivity contribution in [2.24, 2.45) is 5.92 Å². The third-order valence-electron chi connectivity index (χ3n) is 4.20. The molecule has 0 saturated heterocycles. The van der Waals surface area contributed by atoms with Crippen molar-refractivity contribution < 1.29 is 4.79 Å². The second-order valence-electron chi connectivity index (χ2n) is 7.53. The minimum Gasteiger partial charge on any atom is -0.325 e. The molecule has 2 aromatic carbocycles. The molecule has 29 heavy (non-hydrogen) atoms. The molecule has 5 nitrogen and oxygen atoms in total. The summed E-state index contributed by atoms with van der Waals surface area (Å²) in [6, 6.07) is 13.6. The van der Waals surface area contributed by atoms with Gasteiger partial charge in [-0.25, -0.2) is 0 Å². The highest BCUT2D eigenvalue weighted by molar-refractivity contribution is 7.99. The SMILES string of the molecule is Cc1cc(C)cc(NC(=O)CSc2nnc(-c3ccc(Cl)cc3)n2CC(C)C)c1. The molecular weight excluding hydrogens is 404 g/mol. The molecule has 0 unspecified atom stereocenters. The van der Waals surface area contributed by atoms with Gasteiger partial charge in [0.2, 0.25) is 5.91 Å². The Bertz CT molecular complexity index is 978. The molecule has 0 fully saturated rings. The van der Waals surface area contributed by atoms with E-state index in [2.05, 4.69) is 40.0 Å². The van der Waals surface area contributed by atoms with E-state index in [-0.39, 0.29) is 11.7 Å². The van der Waals surface area contributed by atoms with Gasteiger partial charge in [-0.05, 0) is 67.3 Å². The van der Waals surface area contributed by atoms with E-state index in [9.17, 15) is 4.79 Å². The molecule has 1 amide bonds. The number of thioether (sulfide) groups is 1. The smallest absolute Gasteiger partial charge is 0.234 e. The molecule has 0 spiro atoms. The molecular formula is C22H25ClN4OS. The van der Waals surface area contributed by atoms with E-state index in [1.165, 1.54) is 11.8 Å². The molecule has 1 aromatic heterocycles. The fourth-order valence-electron chi connectivity index (χ4n) is 3.11. The van der Waals surface area contributed by atoms with Crippen LogP contribution in [0.3, 0.4) is 0 Å². The molecule has 0 aliphatic carbocycles. The second-order valence-corrected chi connectivity index (χ2v) is 8.91. The first-order valence-corrected chi connectivity index (χ1v) is 10.9. The third-order valence-corrected chi connectivity index (χ3v) is 5.42. The zero-order chi connectivity index (χ0) is 21.0. The van der Waals surface area contributed by atoms with E-state index in [1.807, 2.05) is 50.2 Å². The van der Waals surface area contributed by atoms with Crippen LogP contribution in [0.5, 0.6) is 0 Å². The van der Waals surface area contributed by atoms with Crippen LogP contribution < -0.4 is 5.32 Å². The first kappa shape index (κ1) is 21.4. The maximum Gasteiger partial charge on any atom is 0.234 e. The van der Waals surface area contributed by atoms with Crippen LogP contribution in [-0.2, 0) is 11.3 Å². The van der Waals surface area contributed by atoms with E-state index < -0.39 is 0 Å². The summed E-state index contributed by atoms with van der Waals surface area (Å²) >= 11 is 7.40. The molecule has 1 N–H and O–H groups in total. The van der Waals surface area contributed by atoms with E-state index in [4.69, 9.17) is 11.6 Å². The topological polar surface area (TPSA) is 59.8 Å². The highest BCUT2D eigenvalue weighted by atomic mass is 35.5. The summed E-state index contributed by atoms with van der Waals surface area (Å²) in [5.74, 6) is 1.41. The molecule has 152 valence electrons. The van der Waals surface area contributed by atoms with Crippen LogP contribution in [-0.4, -0.2) is 26.4 Å². The van der Waals surface area contributed by atoms with Crippen LogP contribution in [0.2, 0.25) is 5.02 Å². The lowest BCUT2D eigenvalue weighted by Gasteiger charge is -2.13. The van der Waals surface area contributed by atoms with Crippen molar-refractivity contribution in [3.8, 4) is 11.4 Å². The average molecular weight is 429 g/mol. The summed E-state index contributed by atoms with van der Waals surface area (Å²) in [4.78, 5) is 12.5. The Balaban J connectivity index is 1.74. The molecule has 0 radical (unpaired) electrons. The summed E-state index contributed by atoms with van der Waals surface area (Å²) < 4.78 is 2.07. The number of aryl methyl sites for hydroxylation is 2. The number of hydrogen-bond donors (Lipinski definition) is 1. The average Bonchev–Trinajstić information content (AvgIpc) is 3.01. The lowest BCUT2D eigenvalue weighted by molar-refractivity contribution is -0.113. The van der Waals surface area contributed by atoms with E-state index in [1.54, 1.807) is 0 Å². The van der Waals surface area contributed by atoms with Crippen molar-refractivity contribution in [3.05, 3.63) is 58.6 Å². The Labute approximate surface area is 180 Å². The first-order chi connectivity index (χ1) is 13.8. The van der Waals surface area contributed by atoms with Gasteiger partial charge in [-0.2, -0.15) is 0 Å². The quantitative estimate of drug-likeness (QED) is 0.497. The minimum atomic E-state index is -0.0628. The van der Waals surface area contributed by atoms with Gasteiger partial charge in [0.25, 0.3) is 0 Å². The zero-order valence-corrected chi connectivity index (χ0v) is 18.6. The van der Waals surface area contributed by atoms with Crippen LogP contribution in [0.4, 0.5) is 5.69 Å². The molecule has 7 heteroatoms. The molecule has 0 atom stereocenters. The van der Waals surface area contributed by atoms with Gasteiger partial charge < -0.3 is 9.88 Å². The van der Waals surface area contributed by atoms with E-state index in [0.717, 1.165) is 39.9 Å². The normalized spacial score (nSPS) is 11.1. The number of nitrogens with zero attached hydrogens (tertiary/aromatic N) is 3. The number of halogens is 1. The summed E-state index contributed by atoms with van der Waals surface area (Å²) in [5, 5.41) is 13.1. The number of benzene rings is 2. The van der Waals surface area contributed by atoms with Crippen molar-refractivity contribution >= 4 is 35.0 Å². The molecule has 1 heterocycles. The third kappa shape index (κ3) is 5.84. The number of carbonyl (C=O) groups is 1. The summed E-state index contributed by atoms with van der Waals surface area (Å²) in [7, 11) is 0. The molecule has 0 saturated carbocycles. The summed E-state index contributed by atoms with van der Waals surface area (Å²) in [6.07, 6.45) is 0. The van der Waals surface area contributed by atoms with Crippen LogP contribution >= 0.6 is 23.4 Å². The zero-order valence-electron chi connectivity index (χ0n) is 17.1. The second kappa shape index (κ2) is 9.46. The first-order valence-electron chi connectivity index (χ1n) is 9.52. The largest absolute Gasteiger partial charge is 0.325 e. The predicted octanol–water partition coefficient (Wildman–Crippen LogP) is 5.60. The molecule has 0 aliphatic rings. The number of amides is 1. The van der Waals surface area contributed by atoms with Gasteiger partial charge in [0.1, 0.15) is 0 Å². The lowest BCUT2D eigenvalue weighted by atomic mass is 10.1. The van der Waals surface area contributed by atoms with E-state index >= 15 is 0 Å². The molecule has 3 rings (SSSR count). The Morgan fingerprint density at radius 1 is 1.10 bits per heavy atom. The van der Waals surface area contributed by atoms with Gasteiger partial charge in [0.05, 0.1) is 5.75 Å². The molecule has 0 aliphatic heterocycles. The highest BCUT2D eigenvalue weighted by Crippen LogP contribution is 2.26. The van der Waals surface area contributed by atoms with Gasteiger partial charge in [0.15, 0.2) is 11.0 Å². The van der Waals surface area contributed by atoms with E-state index in [0.29, 0.717) is 10.9 Å². The van der Waals surface area contributed by atoms with Crippen molar-refractivity contribution in [1.82, 2.24) is 14.8 Å². The number of aromatic nitrogens is 3.